The van der Waals surface area contributed by atoms with Crippen LogP contribution in [0.5, 0.6) is 11.5 Å². The summed E-state index contributed by atoms with van der Waals surface area (Å²) in [6.07, 6.45) is 0.789. The van der Waals surface area contributed by atoms with Crippen LogP contribution in [0.3, 0.4) is 0 Å². The van der Waals surface area contributed by atoms with Crippen LogP contribution in [0.15, 0.2) is 18.2 Å². The van der Waals surface area contributed by atoms with Crippen LogP contribution in [0.4, 0.5) is 0 Å². The van der Waals surface area contributed by atoms with Gasteiger partial charge in [-0.05, 0) is 38.0 Å². The molecule has 0 aliphatic heterocycles. The quantitative estimate of drug-likeness (QED) is 0.730. The molecule has 4 nitrogen and oxygen atoms in total. The Morgan fingerprint density at radius 1 is 1.28 bits per heavy atom. The van der Waals surface area contributed by atoms with Gasteiger partial charge in [0.2, 0.25) is 0 Å². The Morgan fingerprint density at radius 3 is 2.56 bits per heavy atom. The maximum Gasteiger partial charge on any atom is 0.344 e. The van der Waals surface area contributed by atoms with E-state index in [0.29, 0.717) is 11.5 Å². The van der Waals surface area contributed by atoms with Crippen molar-refractivity contribution >= 4 is 5.97 Å². The van der Waals surface area contributed by atoms with Crippen molar-refractivity contribution in [1.82, 2.24) is 0 Å². The van der Waals surface area contributed by atoms with Crippen molar-refractivity contribution in [3.05, 3.63) is 23.8 Å². The molecule has 0 bridgehead atoms. The van der Waals surface area contributed by atoms with E-state index in [9.17, 15) is 4.79 Å². The fourth-order valence-corrected chi connectivity index (χ4v) is 1.48. The zero-order valence-electron chi connectivity index (χ0n) is 11.4. The minimum Gasteiger partial charge on any atom is -0.493 e. The summed E-state index contributed by atoms with van der Waals surface area (Å²) in [6.45, 7) is 5.55. The summed E-state index contributed by atoms with van der Waals surface area (Å²) in [5.74, 6) is 0.800. The van der Waals surface area contributed by atoms with Crippen molar-refractivity contribution in [2.45, 2.75) is 33.3 Å². The van der Waals surface area contributed by atoms with Crippen molar-refractivity contribution in [3.63, 3.8) is 0 Å². The zero-order chi connectivity index (χ0) is 13.5. The first-order valence-corrected chi connectivity index (χ1v) is 6.06. The third kappa shape index (κ3) is 4.28. The zero-order valence-corrected chi connectivity index (χ0v) is 11.4. The van der Waals surface area contributed by atoms with E-state index in [-0.39, 0.29) is 18.7 Å². The predicted octanol–water partition coefficient (Wildman–Crippen LogP) is 2.59. The van der Waals surface area contributed by atoms with Crippen LogP contribution < -0.4 is 9.47 Å². The number of benzene rings is 1. The van der Waals surface area contributed by atoms with Crippen molar-refractivity contribution in [2.75, 3.05) is 13.7 Å². The third-order valence-corrected chi connectivity index (χ3v) is 2.35. The van der Waals surface area contributed by atoms with Crippen LogP contribution in [0.1, 0.15) is 26.3 Å². The van der Waals surface area contributed by atoms with E-state index in [1.165, 1.54) is 0 Å². The maximum absolute atomic E-state index is 11.4. The SMILES string of the molecule is CCc1ccc(OCC(=O)OC(C)C)c(OC)c1. The van der Waals surface area contributed by atoms with Crippen molar-refractivity contribution < 1.29 is 19.0 Å². The maximum atomic E-state index is 11.4. The highest BCUT2D eigenvalue weighted by Crippen LogP contribution is 2.28. The molecule has 0 aliphatic rings. The molecule has 0 radical (unpaired) electrons. The van der Waals surface area contributed by atoms with Gasteiger partial charge in [-0.2, -0.15) is 0 Å². The summed E-state index contributed by atoms with van der Waals surface area (Å²) in [4.78, 5) is 11.4. The molecule has 0 aromatic heterocycles. The fourth-order valence-electron chi connectivity index (χ4n) is 1.48. The van der Waals surface area contributed by atoms with Crippen LogP contribution in [0.2, 0.25) is 0 Å². The molecule has 0 saturated carbocycles. The standard InChI is InChI=1S/C14H20O4/c1-5-11-6-7-12(13(8-11)16-4)17-9-14(15)18-10(2)3/h6-8,10H,5,9H2,1-4H3. The second kappa shape index (κ2) is 6.89. The van der Waals surface area contributed by atoms with Gasteiger partial charge < -0.3 is 14.2 Å². The average molecular weight is 252 g/mol. The second-order valence-electron chi connectivity index (χ2n) is 4.17. The van der Waals surface area contributed by atoms with Gasteiger partial charge in [-0.25, -0.2) is 4.79 Å². The van der Waals surface area contributed by atoms with Gasteiger partial charge in [-0.3, -0.25) is 0 Å². The largest absolute Gasteiger partial charge is 0.493 e. The van der Waals surface area contributed by atoms with Crippen molar-refractivity contribution in [1.29, 1.82) is 0 Å². The monoisotopic (exact) mass is 252 g/mol. The summed E-state index contributed by atoms with van der Waals surface area (Å²) < 4.78 is 15.6. The van der Waals surface area contributed by atoms with E-state index >= 15 is 0 Å². The van der Waals surface area contributed by atoms with Crippen LogP contribution in [-0.2, 0) is 16.0 Å². The van der Waals surface area contributed by atoms with E-state index in [1.807, 2.05) is 12.1 Å². The molecule has 0 aliphatic carbocycles. The molecule has 1 aromatic carbocycles. The highest BCUT2D eigenvalue weighted by atomic mass is 16.6. The lowest BCUT2D eigenvalue weighted by Crippen LogP contribution is -2.18. The summed E-state index contributed by atoms with van der Waals surface area (Å²) >= 11 is 0. The lowest BCUT2D eigenvalue weighted by molar-refractivity contribution is -0.149. The normalized spacial score (nSPS) is 10.3. The molecule has 1 aromatic rings. The first kappa shape index (κ1) is 14.4. The van der Waals surface area contributed by atoms with Crippen LogP contribution in [-0.4, -0.2) is 25.8 Å². The number of hydrogen-bond donors (Lipinski definition) is 0. The lowest BCUT2D eigenvalue weighted by atomic mass is 10.1. The minimum atomic E-state index is -0.383. The second-order valence-corrected chi connectivity index (χ2v) is 4.17. The van der Waals surface area contributed by atoms with Gasteiger partial charge in [0.25, 0.3) is 0 Å². The average Bonchev–Trinajstić information content (AvgIpc) is 2.35. The number of ether oxygens (including phenoxy) is 3. The minimum absolute atomic E-state index is 0.111. The summed E-state index contributed by atoms with van der Waals surface area (Å²) in [7, 11) is 1.58. The summed E-state index contributed by atoms with van der Waals surface area (Å²) in [5, 5.41) is 0. The molecule has 0 N–H and O–H groups in total. The Kier molecular flexibility index (Phi) is 5.49. The van der Waals surface area contributed by atoms with E-state index in [1.54, 1.807) is 27.0 Å². The first-order chi connectivity index (χ1) is 8.56. The van der Waals surface area contributed by atoms with Gasteiger partial charge in [0, 0.05) is 0 Å². The molecule has 100 valence electrons. The molecule has 0 amide bonds. The molecule has 0 unspecified atom stereocenters. The Bertz CT molecular complexity index is 399. The molecule has 4 heteroatoms. The Morgan fingerprint density at radius 2 is 2.00 bits per heavy atom. The molecular weight excluding hydrogens is 232 g/mol. The number of esters is 1. The molecule has 0 fully saturated rings. The number of carbonyl (C=O) groups is 1. The Hall–Kier alpha value is -1.71. The number of methoxy groups -OCH3 is 1. The van der Waals surface area contributed by atoms with E-state index < -0.39 is 0 Å². The topological polar surface area (TPSA) is 44.8 Å². The van der Waals surface area contributed by atoms with Gasteiger partial charge in [0.05, 0.1) is 13.2 Å². The Balaban J connectivity index is 2.64. The molecule has 0 saturated heterocycles. The summed E-state index contributed by atoms with van der Waals surface area (Å²) in [5.41, 5.74) is 1.16. The highest BCUT2D eigenvalue weighted by Gasteiger charge is 2.10. The van der Waals surface area contributed by atoms with Gasteiger partial charge in [0.15, 0.2) is 18.1 Å². The highest BCUT2D eigenvalue weighted by molar-refractivity contribution is 5.71. The number of carbonyl (C=O) groups excluding carboxylic acids is 1. The smallest absolute Gasteiger partial charge is 0.344 e. The van der Waals surface area contributed by atoms with Gasteiger partial charge in [-0.1, -0.05) is 13.0 Å². The van der Waals surface area contributed by atoms with Gasteiger partial charge in [0.1, 0.15) is 0 Å². The van der Waals surface area contributed by atoms with Crippen LogP contribution in [0.25, 0.3) is 0 Å². The first-order valence-electron chi connectivity index (χ1n) is 6.06. The lowest BCUT2D eigenvalue weighted by Gasteiger charge is -2.12. The number of aryl methyl sites for hydroxylation is 1. The summed E-state index contributed by atoms with van der Waals surface area (Å²) in [6, 6.07) is 5.66. The van der Waals surface area contributed by atoms with Crippen molar-refractivity contribution in [3.8, 4) is 11.5 Å². The molecule has 1 rings (SSSR count). The van der Waals surface area contributed by atoms with Gasteiger partial charge in [-0.15, -0.1) is 0 Å². The molecule has 0 heterocycles. The fraction of sp³-hybridized carbons (Fsp3) is 0.500. The van der Waals surface area contributed by atoms with Gasteiger partial charge >= 0.3 is 5.97 Å². The molecule has 0 spiro atoms. The molecule has 18 heavy (non-hydrogen) atoms. The predicted molar refractivity (Wildman–Crippen MR) is 69.1 cm³/mol. The number of hydrogen-bond acceptors (Lipinski definition) is 4. The van der Waals surface area contributed by atoms with Crippen molar-refractivity contribution in [2.24, 2.45) is 0 Å². The molecular formula is C14H20O4. The van der Waals surface area contributed by atoms with E-state index in [0.717, 1.165) is 12.0 Å². The van der Waals surface area contributed by atoms with E-state index in [2.05, 4.69) is 6.92 Å². The van der Waals surface area contributed by atoms with Crippen LogP contribution in [0, 0.1) is 0 Å². The van der Waals surface area contributed by atoms with Crippen LogP contribution >= 0.6 is 0 Å². The Labute approximate surface area is 108 Å². The molecule has 0 atom stereocenters. The third-order valence-electron chi connectivity index (χ3n) is 2.35. The van der Waals surface area contributed by atoms with E-state index in [4.69, 9.17) is 14.2 Å². The number of rotatable bonds is 6.